The van der Waals surface area contributed by atoms with Crippen LogP contribution >= 0.6 is 0 Å². The summed E-state index contributed by atoms with van der Waals surface area (Å²) in [6.07, 6.45) is 0.367. The second kappa shape index (κ2) is 46.2. The van der Waals surface area contributed by atoms with Gasteiger partial charge in [0, 0.05) is 73.6 Å². The molecule has 6 atom stereocenters. The number of primary amides is 6. The zero-order valence-corrected chi connectivity index (χ0v) is 84.7. The predicted molar refractivity (Wildman–Crippen MR) is 530 cm³/mol. The van der Waals surface area contributed by atoms with Crippen molar-refractivity contribution >= 4 is 135 Å². The fourth-order valence-electron chi connectivity index (χ4n) is 14.4. The van der Waals surface area contributed by atoms with Crippen molar-refractivity contribution in [2.24, 2.45) is 34.4 Å². The van der Waals surface area contributed by atoms with Gasteiger partial charge in [0.2, 0.25) is 47.3 Å². The van der Waals surface area contributed by atoms with Gasteiger partial charge in [-0.25, -0.2) is 0 Å². The van der Waals surface area contributed by atoms with E-state index < -0.39 is 181 Å². The summed E-state index contributed by atoms with van der Waals surface area (Å²) in [4.78, 5) is 141. The third-order valence-electron chi connectivity index (χ3n) is 26.8. The molecular formula is C96H142B6N12O24. The molecule has 0 unspecified atom stereocenters. The molecule has 748 valence electrons. The van der Waals surface area contributed by atoms with Crippen LogP contribution in [0.3, 0.4) is 0 Å². The first-order valence-electron chi connectivity index (χ1n) is 46.3. The van der Waals surface area contributed by atoms with Crippen LogP contribution < -0.4 is 66.3 Å². The van der Waals surface area contributed by atoms with Crippen molar-refractivity contribution in [3.8, 4) is 0 Å². The average molecular weight is 1910 g/mol. The van der Waals surface area contributed by atoms with Gasteiger partial charge in [-0.05, 0) is 236 Å². The molecule has 42 heteroatoms. The molecule has 0 saturated carbocycles. The van der Waals surface area contributed by atoms with Crippen LogP contribution in [0.1, 0.15) is 273 Å². The number of fused-ring (bicyclic) bond motifs is 2. The lowest BCUT2D eigenvalue weighted by Gasteiger charge is -2.32. The Morgan fingerprint density at radius 2 is 0.384 bits per heavy atom. The molecule has 0 spiro atoms. The minimum Gasteiger partial charge on any atom is -0.402 e. The summed E-state index contributed by atoms with van der Waals surface area (Å²) < 4.78 is 70.9. The molecule has 6 saturated heterocycles. The number of hydrogen-bond acceptors (Lipinski definition) is 24. The Hall–Kier alpha value is -10.6. The fraction of sp³-hybridized carbons (Fsp3) is 0.542. The molecule has 0 bridgehead atoms. The van der Waals surface area contributed by atoms with Crippen LogP contribution in [-0.4, -0.2) is 216 Å². The van der Waals surface area contributed by atoms with Crippen LogP contribution in [0.25, 0.3) is 21.5 Å². The summed E-state index contributed by atoms with van der Waals surface area (Å²) in [7, 11) is -4.33. The molecule has 36 nitrogen and oxygen atoms in total. The maximum absolute atomic E-state index is 12.8. The van der Waals surface area contributed by atoms with Gasteiger partial charge >= 0.3 is 42.7 Å². The third-order valence-corrected chi connectivity index (χ3v) is 26.8. The lowest BCUT2D eigenvalue weighted by molar-refractivity contribution is -0.123. The first-order valence-corrected chi connectivity index (χ1v) is 46.3. The molecule has 12 amide bonds. The zero-order valence-electron chi connectivity index (χ0n) is 84.7. The van der Waals surface area contributed by atoms with Crippen LogP contribution in [-0.2, 0) is 94.2 Å². The Bertz CT molecular complexity index is 4890. The Morgan fingerprint density at radius 1 is 0.225 bits per heavy atom. The number of nitrogens with one attached hydrogen (secondary N) is 6. The minimum atomic E-state index is -0.757. The maximum Gasteiger partial charge on any atom is 0.482 e. The van der Waals surface area contributed by atoms with Crippen LogP contribution in [0.15, 0.2) is 146 Å². The van der Waals surface area contributed by atoms with Crippen molar-refractivity contribution in [2.75, 3.05) is 0 Å². The molecule has 18 N–H and O–H groups in total. The molecule has 0 aliphatic carbocycles. The SMILES string of the molecule is CC1(C)OB([C@@H](CC(N)=O)NC(=O)c2ccc3ccccc3c2)OC1(C)C.CC1(C)OB([C@@H](CC(N)=O)NC(=O)c2ccccc2)OC1(C)C.CC1(C)OB([C@H](CC(N)=O)NC(=O)c2ccc3ccccc3c2)OC1(C)C.CC1(C)OB([C@H](CC(N)=O)NC(=O)c2ccccc2)OC1(C)C.CCC(=O)N[C@@H](CC(N)=O)B1OC(C)(C)C(C)(C)O1.CCC(=O)N[C@H](CC(N)=O)B1OC(C)(C)C(C)(C)O1. The highest BCUT2D eigenvalue weighted by Crippen LogP contribution is 2.44. The molecule has 6 heterocycles. The van der Waals surface area contributed by atoms with E-state index in [9.17, 15) is 57.5 Å². The molecule has 6 fully saturated rings. The van der Waals surface area contributed by atoms with Gasteiger partial charge in [0.25, 0.3) is 23.6 Å². The van der Waals surface area contributed by atoms with E-state index in [2.05, 4.69) is 31.9 Å². The van der Waals surface area contributed by atoms with Gasteiger partial charge in [-0.2, -0.15) is 0 Å². The number of benzene rings is 6. The molecule has 6 aromatic rings. The Kier molecular flexibility index (Phi) is 38.3. The van der Waals surface area contributed by atoms with Gasteiger partial charge < -0.3 is 122 Å². The first-order chi connectivity index (χ1) is 63.6. The Morgan fingerprint density at radius 3 is 0.558 bits per heavy atom. The quantitative estimate of drug-likeness (QED) is 0.0189. The van der Waals surface area contributed by atoms with Crippen molar-refractivity contribution in [1.82, 2.24) is 31.9 Å². The van der Waals surface area contributed by atoms with E-state index in [1.54, 1.807) is 74.5 Å². The van der Waals surface area contributed by atoms with E-state index >= 15 is 0 Å². The summed E-state index contributed by atoms with van der Waals surface area (Å²) in [5.74, 6) is -8.46. The van der Waals surface area contributed by atoms with Gasteiger partial charge in [-0.3, -0.25) is 57.5 Å². The lowest BCUT2D eigenvalue weighted by atomic mass is 9.76. The van der Waals surface area contributed by atoms with Crippen LogP contribution in [0.4, 0.5) is 0 Å². The molecule has 6 aromatic carbocycles. The van der Waals surface area contributed by atoms with Crippen molar-refractivity contribution in [1.29, 1.82) is 0 Å². The fourth-order valence-corrected chi connectivity index (χ4v) is 14.4. The second-order valence-electron chi connectivity index (χ2n) is 41.0. The predicted octanol–water partition coefficient (Wildman–Crippen LogP) is 8.25. The third kappa shape index (κ3) is 30.7. The molecule has 6 aliphatic rings. The number of hydrogen-bond donors (Lipinski definition) is 12. The van der Waals surface area contributed by atoms with Crippen molar-refractivity contribution in [3.05, 3.63) is 168 Å². The molecule has 0 aromatic heterocycles. The summed E-state index contributed by atoms with van der Waals surface area (Å²) in [6, 6.07) is 44.0. The highest BCUT2D eigenvalue weighted by molar-refractivity contribution is 6.51. The van der Waals surface area contributed by atoms with E-state index in [1.807, 2.05) is 251 Å². The monoisotopic (exact) mass is 1910 g/mol. The highest BCUT2D eigenvalue weighted by Gasteiger charge is 2.60. The first kappa shape index (κ1) is 114. The van der Waals surface area contributed by atoms with Gasteiger partial charge in [-0.15, -0.1) is 0 Å². The van der Waals surface area contributed by atoms with E-state index in [4.69, 9.17) is 90.3 Å². The Labute approximate surface area is 812 Å². The summed E-state index contributed by atoms with van der Waals surface area (Å²) >= 11 is 0. The van der Waals surface area contributed by atoms with Gasteiger partial charge in [0.15, 0.2) is 0 Å². The number of amides is 12. The number of rotatable bonds is 30. The van der Waals surface area contributed by atoms with E-state index in [1.165, 1.54) is 0 Å². The highest BCUT2D eigenvalue weighted by atomic mass is 16.7. The lowest BCUT2D eigenvalue weighted by Crippen LogP contribution is -2.50. The topological polar surface area (TPSA) is 544 Å². The standard InChI is InChI=1S/2C20H25BN2O4.2C16H23BN2O4.2C12H23BN2O4/c2*1-19(2)20(3,4)27-21(26-19)16(12-17(22)24)23-18(25)15-10-9-13-7-5-6-8-14(13)11-15;2*1-15(2)16(3,4)23-17(22-15)12(10-13(18)20)19-14(21)11-8-6-5-7-9-11;2*1-6-10(17)15-8(7-9(14)16)13-18-11(2,3)12(4,5)19-13/h2*5-11,16H,12H2,1-4H3,(H2,22,24)(H,23,25);2*5-9,12H,10H2,1-4H3,(H2,18,20)(H,19,21);2*8H,6-7H2,1-5H3,(H2,14,16)(H,15,17)/t2*16-;2*12-;2*8-/m101010/s1. The van der Waals surface area contributed by atoms with Crippen molar-refractivity contribution < 1.29 is 113 Å². The Balaban J connectivity index is 0.000000227. The maximum atomic E-state index is 12.8. The summed E-state index contributed by atoms with van der Waals surface area (Å²) in [6.45, 7) is 49.4. The van der Waals surface area contributed by atoms with Gasteiger partial charge in [0.05, 0.1) is 103 Å². The van der Waals surface area contributed by atoms with E-state index in [0.717, 1.165) is 21.5 Å². The van der Waals surface area contributed by atoms with E-state index in [0.29, 0.717) is 35.1 Å². The molecule has 6 aliphatic heterocycles. The minimum absolute atomic E-state index is 0.0113. The van der Waals surface area contributed by atoms with Crippen molar-refractivity contribution in [2.45, 2.75) is 334 Å². The summed E-state index contributed by atoms with van der Waals surface area (Å²) in [5.41, 5.74) is 27.3. The van der Waals surface area contributed by atoms with Crippen LogP contribution in [0.5, 0.6) is 0 Å². The average Bonchev–Trinajstić information content (AvgIpc) is 1.64. The van der Waals surface area contributed by atoms with Gasteiger partial charge in [-0.1, -0.05) is 111 Å². The normalized spacial score (nSPS) is 20.2. The van der Waals surface area contributed by atoms with Crippen LogP contribution in [0, 0.1) is 0 Å². The number of carbonyl (C=O) groups is 12. The van der Waals surface area contributed by atoms with Crippen molar-refractivity contribution in [3.63, 3.8) is 0 Å². The number of nitrogens with two attached hydrogens (primary N) is 6. The number of carbonyl (C=O) groups excluding carboxylic acids is 12. The molecule has 12 rings (SSSR count). The smallest absolute Gasteiger partial charge is 0.402 e. The van der Waals surface area contributed by atoms with E-state index in [-0.39, 0.29) is 74.0 Å². The molecular weight excluding hydrogens is 1770 g/mol. The molecule has 0 radical (unpaired) electrons. The van der Waals surface area contributed by atoms with Gasteiger partial charge in [0.1, 0.15) is 0 Å². The largest absolute Gasteiger partial charge is 0.482 e. The molecule has 138 heavy (non-hydrogen) atoms. The summed E-state index contributed by atoms with van der Waals surface area (Å²) in [5, 5.41) is 20.8. The zero-order chi connectivity index (χ0) is 104. The second-order valence-corrected chi connectivity index (χ2v) is 41.0. The van der Waals surface area contributed by atoms with Crippen LogP contribution in [0.2, 0.25) is 0 Å².